The second-order valence-electron chi connectivity index (χ2n) is 6.85. The molecule has 0 aromatic carbocycles. The third kappa shape index (κ3) is 6.07. The van der Waals surface area contributed by atoms with Gasteiger partial charge in [-0.3, -0.25) is 0 Å². The number of halogens is 1. The smallest absolute Gasteiger partial charge is 0.194 e. The van der Waals surface area contributed by atoms with E-state index in [1.165, 1.54) is 19.3 Å². The molecule has 1 aliphatic heterocycles. The summed E-state index contributed by atoms with van der Waals surface area (Å²) in [6.07, 6.45) is 3.77. The van der Waals surface area contributed by atoms with E-state index in [1.807, 2.05) is 18.5 Å². The summed E-state index contributed by atoms with van der Waals surface area (Å²) in [7, 11) is 3.71. The zero-order chi connectivity index (χ0) is 18.2. The molecule has 1 aromatic rings. The van der Waals surface area contributed by atoms with Gasteiger partial charge in [-0.1, -0.05) is 26.7 Å². The number of ether oxygens (including phenoxy) is 1. The van der Waals surface area contributed by atoms with Crippen LogP contribution >= 0.6 is 24.0 Å². The number of rotatable bonds is 8. The fourth-order valence-electron chi connectivity index (χ4n) is 3.59. The monoisotopic (exact) mass is 478 g/mol. The van der Waals surface area contributed by atoms with E-state index in [1.54, 1.807) is 7.11 Å². The summed E-state index contributed by atoms with van der Waals surface area (Å²) in [5.74, 6) is 4.34. The first-order valence-corrected chi connectivity index (χ1v) is 9.47. The van der Waals surface area contributed by atoms with Crippen molar-refractivity contribution in [2.75, 3.05) is 33.4 Å². The Kier molecular flexibility index (Phi) is 10.4. The molecule has 0 bridgehead atoms. The second kappa shape index (κ2) is 11.7. The van der Waals surface area contributed by atoms with Gasteiger partial charge in [0.15, 0.2) is 11.8 Å². The summed E-state index contributed by atoms with van der Waals surface area (Å²) in [5.41, 5.74) is 0. The highest BCUT2D eigenvalue weighted by Gasteiger charge is 2.29. The number of methoxy groups -OCH3 is 1. The number of likely N-dealkylation sites (tertiary alicyclic amines) is 1. The van der Waals surface area contributed by atoms with Crippen molar-refractivity contribution in [3.8, 4) is 0 Å². The lowest BCUT2D eigenvalue weighted by Gasteiger charge is -2.24. The van der Waals surface area contributed by atoms with E-state index < -0.39 is 0 Å². The Balaban J connectivity index is 0.00000338. The van der Waals surface area contributed by atoms with Gasteiger partial charge in [-0.2, -0.15) is 0 Å². The molecular formula is C18H35IN6O. The Morgan fingerprint density at radius 3 is 2.65 bits per heavy atom. The standard InChI is InChI=1S/C18H34N6O.HI/c1-6-15(7-2)16-8-10-24(13-16)18(19-9-11-25-5)20-12-17-22-21-14(3)23(17)4;/h15-16H,6-13H2,1-5H3,(H,19,20);1H. The Bertz CT molecular complexity index is 558. The van der Waals surface area contributed by atoms with Gasteiger partial charge in [-0.15, -0.1) is 34.2 Å². The Morgan fingerprint density at radius 2 is 2.08 bits per heavy atom. The van der Waals surface area contributed by atoms with Crippen molar-refractivity contribution in [2.24, 2.45) is 23.9 Å². The number of aryl methyl sites for hydroxylation is 1. The molecule has 1 atom stereocenters. The summed E-state index contributed by atoms with van der Waals surface area (Å²) >= 11 is 0. The molecule has 0 radical (unpaired) electrons. The lowest BCUT2D eigenvalue weighted by atomic mass is 9.87. The summed E-state index contributed by atoms with van der Waals surface area (Å²) < 4.78 is 7.17. The zero-order valence-electron chi connectivity index (χ0n) is 16.9. The molecule has 0 saturated carbocycles. The molecule has 7 nitrogen and oxygen atoms in total. The van der Waals surface area contributed by atoms with E-state index in [0.717, 1.165) is 49.1 Å². The van der Waals surface area contributed by atoms with Crippen LogP contribution in [-0.2, 0) is 18.3 Å². The van der Waals surface area contributed by atoms with Gasteiger partial charge in [-0.25, -0.2) is 4.99 Å². The highest BCUT2D eigenvalue weighted by Crippen LogP contribution is 2.28. The van der Waals surface area contributed by atoms with Crippen LogP contribution in [-0.4, -0.2) is 59.0 Å². The number of aliphatic imine (C=N–C) groups is 1. The largest absolute Gasteiger partial charge is 0.383 e. The fourth-order valence-corrected chi connectivity index (χ4v) is 3.59. The van der Waals surface area contributed by atoms with Gasteiger partial charge in [0, 0.05) is 33.8 Å². The second-order valence-corrected chi connectivity index (χ2v) is 6.85. The predicted octanol–water partition coefficient (Wildman–Crippen LogP) is 2.59. The van der Waals surface area contributed by atoms with Gasteiger partial charge < -0.3 is 19.5 Å². The van der Waals surface area contributed by atoms with Crippen LogP contribution in [0.3, 0.4) is 0 Å². The first-order chi connectivity index (χ1) is 12.1. The topological polar surface area (TPSA) is 67.6 Å². The van der Waals surface area contributed by atoms with E-state index in [0.29, 0.717) is 13.2 Å². The molecular weight excluding hydrogens is 443 g/mol. The van der Waals surface area contributed by atoms with Gasteiger partial charge in [-0.05, 0) is 25.2 Å². The normalized spacial score (nSPS) is 17.7. The van der Waals surface area contributed by atoms with Crippen molar-refractivity contribution in [1.82, 2.24) is 25.0 Å². The van der Waals surface area contributed by atoms with E-state index in [9.17, 15) is 0 Å². The van der Waals surface area contributed by atoms with Gasteiger partial charge in [0.2, 0.25) is 0 Å². The SMILES string of the molecule is CCC(CC)C1CCN(C(=NCc2nnc(C)n2C)NCCOC)C1.I. The molecule has 1 aromatic heterocycles. The molecule has 2 heterocycles. The molecule has 8 heteroatoms. The van der Waals surface area contributed by atoms with Crippen molar-refractivity contribution in [2.45, 2.75) is 46.6 Å². The van der Waals surface area contributed by atoms with Crippen LogP contribution in [0.1, 0.15) is 44.8 Å². The van der Waals surface area contributed by atoms with Gasteiger partial charge in [0.05, 0.1) is 6.61 Å². The van der Waals surface area contributed by atoms with Crippen LogP contribution in [0.2, 0.25) is 0 Å². The molecule has 26 heavy (non-hydrogen) atoms. The van der Waals surface area contributed by atoms with E-state index in [2.05, 4.69) is 34.3 Å². The number of hydrogen-bond acceptors (Lipinski definition) is 4. The van der Waals surface area contributed by atoms with E-state index >= 15 is 0 Å². The van der Waals surface area contributed by atoms with Crippen LogP contribution in [0.5, 0.6) is 0 Å². The van der Waals surface area contributed by atoms with Crippen LogP contribution < -0.4 is 5.32 Å². The maximum atomic E-state index is 5.17. The molecule has 1 unspecified atom stereocenters. The summed E-state index contributed by atoms with van der Waals surface area (Å²) in [6, 6.07) is 0. The average Bonchev–Trinajstić information content (AvgIpc) is 3.21. The predicted molar refractivity (Wildman–Crippen MR) is 116 cm³/mol. The summed E-state index contributed by atoms with van der Waals surface area (Å²) in [5, 5.41) is 11.8. The molecule has 150 valence electrons. The minimum Gasteiger partial charge on any atom is -0.383 e. The molecule has 1 fully saturated rings. The third-order valence-corrected chi connectivity index (χ3v) is 5.38. The Hall–Kier alpha value is -0.900. The van der Waals surface area contributed by atoms with Crippen LogP contribution in [0.15, 0.2) is 4.99 Å². The molecule has 1 saturated heterocycles. The number of hydrogen-bond donors (Lipinski definition) is 1. The van der Waals surface area contributed by atoms with Crippen LogP contribution in [0.25, 0.3) is 0 Å². The molecule has 0 aliphatic carbocycles. The van der Waals surface area contributed by atoms with Crippen molar-refractivity contribution in [3.63, 3.8) is 0 Å². The first kappa shape index (κ1) is 23.1. The minimum absolute atomic E-state index is 0. The highest BCUT2D eigenvalue weighted by atomic mass is 127. The van der Waals surface area contributed by atoms with Crippen LogP contribution in [0, 0.1) is 18.8 Å². The van der Waals surface area contributed by atoms with Gasteiger partial charge >= 0.3 is 0 Å². The highest BCUT2D eigenvalue weighted by molar-refractivity contribution is 14.0. The first-order valence-electron chi connectivity index (χ1n) is 9.47. The third-order valence-electron chi connectivity index (χ3n) is 5.38. The maximum Gasteiger partial charge on any atom is 0.194 e. The summed E-state index contributed by atoms with van der Waals surface area (Å²) in [6.45, 7) is 10.7. The van der Waals surface area contributed by atoms with Crippen molar-refractivity contribution >= 4 is 29.9 Å². The Morgan fingerprint density at radius 1 is 1.35 bits per heavy atom. The fraction of sp³-hybridized carbons (Fsp3) is 0.833. The number of guanidine groups is 1. The van der Waals surface area contributed by atoms with Crippen molar-refractivity contribution in [1.29, 1.82) is 0 Å². The molecule has 2 rings (SSSR count). The Labute approximate surface area is 175 Å². The lowest BCUT2D eigenvalue weighted by molar-refractivity contribution is 0.202. The van der Waals surface area contributed by atoms with E-state index in [4.69, 9.17) is 9.73 Å². The van der Waals surface area contributed by atoms with Crippen molar-refractivity contribution in [3.05, 3.63) is 11.6 Å². The molecule has 1 aliphatic rings. The van der Waals surface area contributed by atoms with Crippen LogP contribution in [0.4, 0.5) is 0 Å². The lowest BCUT2D eigenvalue weighted by Crippen LogP contribution is -2.41. The zero-order valence-corrected chi connectivity index (χ0v) is 19.2. The molecule has 0 amide bonds. The number of aromatic nitrogens is 3. The summed E-state index contributed by atoms with van der Waals surface area (Å²) in [4.78, 5) is 7.21. The molecule has 0 spiro atoms. The van der Waals surface area contributed by atoms with Gasteiger partial charge in [0.25, 0.3) is 0 Å². The number of nitrogens with zero attached hydrogens (tertiary/aromatic N) is 5. The van der Waals surface area contributed by atoms with Crippen molar-refractivity contribution < 1.29 is 4.74 Å². The quantitative estimate of drug-likeness (QED) is 0.269. The maximum absolute atomic E-state index is 5.17. The number of nitrogens with one attached hydrogen (secondary N) is 1. The molecule has 1 N–H and O–H groups in total. The average molecular weight is 478 g/mol. The minimum atomic E-state index is 0. The van der Waals surface area contributed by atoms with E-state index in [-0.39, 0.29) is 24.0 Å². The van der Waals surface area contributed by atoms with Gasteiger partial charge in [0.1, 0.15) is 12.4 Å².